The molecule has 5 nitrogen and oxygen atoms in total. The van der Waals surface area contributed by atoms with Crippen molar-refractivity contribution < 1.29 is 14.7 Å². The van der Waals surface area contributed by atoms with Gasteiger partial charge in [0.25, 0.3) is 0 Å². The lowest BCUT2D eigenvalue weighted by molar-refractivity contribution is -0.116. The van der Waals surface area contributed by atoms with Crippen LogP contribution in [0.3, 0.4) is 0 Å². The van der Waals surface area contributed by atoms with Crippen LogP contribution in [0.2, 0.25) is 0 Å². The molecular formula is C18H26N2O3. The van der Waals surface area contributed by atoms with E-state index in [9.17, 15) is 14.7 Å². The van der Waals surface area contributed by atoms with Crippen molar-refractivity contribution in [2.75, 3.05) is 23.3 Å². The molecule has 1 heterocycles. The normalized spacial score (nSPS) is 15.5. The monoisotopic (exact) mass is 318 g/mol. The molecule has 0 bridgehead atoms. The molecule has 0 spiro atoms. The average Bonchev–Trinajstić information content (AvgIpc) is 2.53. The van der Waals surface area contributed by atoms with E-state index in [1.807, 2.05) is 13.0 Å². The van der Waals surface area contributed by atoms with Crippen molar-refractivity contribution in [2.45, 2.75) is 46.0 Å². The van der Waals surface area contributed by atoms with Gasteiger partial charge in [-0.05, 0) is 43.4 Å². The van der Waals surface area contributed by atoms with E-state index in [2.05, 4.69) is 17.1 Å². The van der Waals surface area contributed by atoms with E-state index in [1.54, 1.807) is 12.1 Å². The van der Waals surface area contributed by atoms with Crippen molar-refractivity contribution in [2.24, 2.45) is 5.92 Å². The number of anilines is 2. The van der Waals surface area contributed by atoms with Gasteiger partial charge in [0.2, 0.25) is 5.91 Å². The molecule has 2 rings (SSSR count). The van der Waals surface area contributed by atoms with E-state index in [0.717, 1.165) is 44.5 Å². The van der Waals surface area contributed by atoms with E-state index in [4.69, 9.17) is 0 Å². The Morgan fingerprint density at radius 3 is 2.61 bits per heavy atom. The summed E-state index contributed by atoms with van der Waals surface area (Å²) in [5, 5.41) is 12.3. The zero-order valence-corrected chi connectivity index (χ0v) is 14.0. The SMILES string of the molecule is CCCCC(=O)Nc1ccc(N2CCC(C)CC2)c(C(=O)O)c1. The standard InChI is InChI=1S/C18H26N2O3/c1-3-4-5-17(21)19-14-6-7-16(15(12-14)18(22)23)20-10-8-13(2)9-11-20/h6-7,12-13H,3-5,8-11H2,1-2H3,(H,19,21)(H,22,23). The molecule has 0 atom stereocenters. The molecule has 126 valence electrons. The van der Waals surface area contributed by atoms with Gasteiger partial charge in [-0.2, -0.15) is 0 Å². The maximum Gasteiger partial charge on any atom is 0.337 e. The molecule has 0 saturated carbocycles. The number of hydrogen-bond acceptors (Lipinski definition) is 3. The zero-order valence-electron chi connectivity index (χ0n) is 14.0. The van der Waals surface area contributed by atoms with Crippen molar-refractivity contribution in [3.8, 4) is 0 Å². The van der Waals surface area contributed by atoms with Crippen LogP contribution >= 0.6 is 0 Å². The first-order chi connectivity index (χ1) is 11.0. The molecule has 1 aliphatic rings. The lowest BCUT2D eigenvalue weighted by atomic mass is 9.98. The Kier molecular flexibility index (Phi) is 6.02. The summed E-state index contributed by atoms with van der Waals surface area (Å²) < 4.78 is 0. The van der Waals surface area contributed by atoms with Crippen LogP contribution in [0.15, 0.2) is 18.2 Å². The van der Waals surface area contributed by atoms with Gasteiger partial charge in [0.05, 0.1) is 11.3 Å². The Balaban J connectivity index is 2.15. The number of amides is 1. The van der Waals surface area contributed by atoms with Crippen molar-refractivity contribution in [3.05, 3.63) is 23.8 Å². The lowest BCUT2D eigenvalue weighted by Crippen LogP contribution is -2.33. The number of aromatic carboxylic acids is 1. The molecule has 5 heteroatoms. The fourth-order valence-corrected chi connectivity index (χ4v) is 2.87. The molecule has 0 aromatic heterocycles. The van der Waals surface area contributed by atoms with Gasteiger partial charge in [-0.1, -0.05) is 20.3 Å². The molecular weight excluding hydrogens is 292 g/mol. The summed E-state index contributed by atoms with van der Waals surface area (Å²) in [6, 6.07) is 5.18. The number of carbonyl (C=O) groups excluding carboxylic acids is 1. The third-order valence-electron chi connectivity index (χ3n) is 4.39. The summed E-state index contributed by atoms with van der Waals surface area (Å²) in [6.45, 7) is 6.02. The Labute approximate surface area is 137 Å². The number of carboxylic acid groups (broad SMARTS) is 1. The van der Waals surface area contributed by atoms with Crippen LogP contribution in [-0.2, 0) is 4.79 Å². The smallest absolute Gasteiger partial charge is 0.337 e. The van der Waals surface area contributed by atoms with Gasteiger partial charge in [0.15, 0.2) is 0 Å². The summed E-state index contributed by atoms with van der Waals surface area (Å²) >= 11 is 0. The highest BCUT2D eigenvalue weighted by Gasteiger charge is 2.21. The van der Waals surface area contributed by atoms with Gasteiger partial charge in [0.1, 0.15) is 0 Å². The number of rotatable bonds is 6. The number of nitrogens with one attached hydrogen (secondary N) is 1. The number of carboxylic acids is 1. The second kappa shape index (κ2) is 7.99. The third-order valence-corrected chi connectivity index (χ3v) is 4.39. The Bertz CT molecular complexity index is 563. The van der Waals surface area contributed by atoms with Gasteiger partial charge >= 0.3 is 5.97 Å². The number of unbranched alkanes of at least 4 members (excludes halogenated alkanes) is 1. The summed E-state index contributed by atoms with van der Waals surface area (Å²) in [6.07, 6.45) is 4.41. The van der Waals surface area contributed by atoms with Gasteiger partial charge in [-0.3, -0.25) is 4.79 Å². The molecule has 1 fully saturated rings. The minimum absolute atomic E-state index is 0.0669. The Morgan fingerprint density at radius 2 is 2.00 bits per heavy atom. The highest BCUT2D eigenvalue weighted by atomic mass is 16.4. The van der Waals surface area contributed by atoms with Crippen LogP contribution < -0.4 is 10.2 Å². The summed E-state index contributed by atoms with van der Waals surface area (Å²) in [4.78, 5) is 25.5. The molecule has 0 aliphatic carbocycles. The molecule has 0 radical (unpaired) electrons. The zero-order chi connectivity index (χ0) is 16.8. The van der Waals surface area contributed by atoms with E-state index in [-0.39, 0.29) is 11.5 Å². The van der Waals surface area contributed by atoms with Crippen molar-refractivity contribution >= 4 is 23.3 Å². The minimum Gasteiger partial charge on any atom is -0.478 e. The summed E-state index contributed by atoms with van der Waals surface area (Å²) in [5.41, 5.74) is 1.56. The van der Waals surface area contributed by atoms with Crippen LogP contribution in [0.4, 0.5) is 11.4 Å². The lowest BCUT2D eigenvalue weighted by Gasteiger charge is -2.33. The maximum absolute atomic E-state index is 11.8. The molecule has 1 saturated heterocycles. The number of carbonyl (C=O) groups is 2. The molecule has 1 amide bonds. The number of nitrogens with zero attached hydrogens (tertiary/aromatic N) is 1. The largest absolute Gasteiger partial charge is 0.478 e. The first kappa shape index (κ1) is 17.3. The number of benzene rings is 1. The Morgan fingerprint density at radius 1 is 1.30 bits per heavy atom. The van der Waals surface area contributed by atoms with Crippen molar-refractivity contribution in [3.63, 3.8) is 0 Å². The maximum atomic E-state index is 11.8. The predicted octanol–water partition coefficient (Wildman–Crippen LogP) is 3.75. The van der Waals surface area contributed by atoms with Gasteiger partial charge in [-0.15, -0.1) is 0 Å². The third kappa shape index (κ3) is 4.71. The predicted molar refractivity (Wildman–Crippen MR) is 92.2 cm³/mol. The number of piperidine rings is 1. The Hall–Kier alpha value is -2.04. The molecule has 0 unspecified atom stereocenters. The van der Waals surface area contributed by atoms with E-state index in [1.165, 1.54) is 0 Å². The van der Waals surface area contributed by atoms with Crippen LogP contribution in [-0.4, -0.2) is 30.1 Å². The highest BCUT2D eigenvalue weighted by molar-refractivity contribution is 5.98. The van der Waals surface area contributed by atoms with Crippen LogP contribution in [0.25, 0.3) is 0 Å². The van der Waals surface area contributed by atoms with Gasteiger partial charge in [-0.25, -0.2) is 4.79 Å². The minimum atomic E-state index is -0.955. The first-order valence-electron chi connectivity index (χ1n) is 8.43. The van der Waals surface area contributed by atoms with E-state index < -0.39 is 5.97 Å². The second-order valence-corrected chi connectivity index (χ2v) is 6.36. The fraction of sp³-hybridized carbons (Fsp3) is 0.556. The number of hydrogen-bond donors (Lipinski definition) is 2. The molecule has 2 N–H and O–H groups in total. The van der Waals surface area contributed by atoms with E-state index in [0.29, 0.717) is 18.0 Å². The average molecular weight is 318 g/mol. The van der Waals surface area contributed by atoms with Crippen LogP contribution in [0.5, 0.6) is 0 Å². The fourth-order valence-electron chi connectivity index (χ4n) is 2.87. The van der Waals surface area contributed by atoms with Gasteiger partial charge < -0.3 is 15.3 Å². The van der Waals surface area contributed by atoms with Crippen molar-refractivity contribution in [1.82, 2.24) is 0 Å². The quantitative estimate of drug-likeness (QED) is 0.838. The topological polar surface area (TPSA) is 69.6 Å². The highest BCUT2D eigenvalue weighted by Crippen LogP contribution is 2.28. The molecule has 1 aromatic rings. The van der Waals surface area contributed by atoms with E-state index >= 15 is 0 Å². The second-order valence-electron chi connectivity index (χ2n) is 6.36. The summed E-state index contributed by atoms with van der Waals surface area (Å²) in [7, 11) is 0. The van der Waals surface area contributed by atoms with Crippen LogP contribution in [0, 0.1) is 5.92 Å². The molecule has 1 aromatic carbocycles. The molecule has 23 heavy (non-hydrogen) atoms. The van der Waals surface area contributed by atoms with Crippen LogP contribution in [0.1, 0.15) is 56.3 Å². The van der Waals surface area contributed by atoms with Gasteiger partial charge in [0, 0.05) is 25.2 Å². The molecule has 1 aliphatic heterocycles. The summed E-state index contributed by atoms with van der Waals surface area (Å²) in [5.74, 6) is -0.331. The first-order valence-corrected chi connectivity index (χ1v) is 8.43. The van der Waals surface area contributed by atoms with Crippen molar-refractivity contribution in [1.29, 1.82) is 0 Å².